The quantitative estimate of drug-likeness (QED) is 0.786. The maximum atomic E-state index is 13.3. The van der Waals surface area contributed by atoms with Crippen LogP contribution in [0.4, 0.5) is 5.00 Å². The zero-order valence-corrected chi connectivity index (χ0v) is 17.9. The first-order valence-electron chi connectivity index (χ1n) is 10.4. The second kappa shape index (κ2) is 8.95. The van der Waals surface area contributed by atoms with Gasteiger partial charge in [-0.3, -0.25) is 19.4 Å². The van der Waals surface area contributed by atoms with Crippen molar-refractivity contribution in [1.82, 2.24) is 15.2 Å². The summed E-state index contributed by atoms with van der Waals surface area (Å²) < 4.78 is 0. The Kier molecular flexibility index (Phi) is 6.13. The summed E-state index contributed by atoms with van der Waals surface area (Å²) in [7, 11) is 0. The van der Waals surface area contributed by atoms with Crippen LogP contribution >= 0.6 is 11.3 Å². The van der Waals surface area contributed by atoms with Crippen LogP contribution in [-0.2, 0) is 17.6 Å². The molecule has 3 heterocycles. The van der Waals surface area contributed by atoms with Crippen LogP contribution in [0.15, 0.2) is 24.5 Å². The van der Waals surface area contributed by atoms with Crippen molar-refractivity contribution in [2.75, 3.05) is 18.4 Å². The normalized spacial score (nSPS) is 16.6. The van der Waals surface area contributed by atoms with E-state index in [0.29, 0.717) is 29.2 Å². The lowest BCUT2D eigenvalue weighted by atomic mass is 9.94. The molecular formula is C22H26N4O3S. The Hall–Kier alpha value is -2.74. The monoisotopic (exact) mass is 426 g/mol. The Morgan fingerprint density at radius 2 is 1.90 bits per heavy atom. The molecule has 0 aromatic carbocycles. The summed E-state index contributed by atoms with van der Waals surface area (Å²) in [6.07, 6.45) is 8.59. The van der Waals surface area contributed by atoms with E-state index >= 15 is 0 Å². The minimum absolute atomic E-state index is 0.0362. The first kappa shape index (κ1) is 20.5. The zero-order chi connectivity index (χ0) is 21.1. The third-order valence-electron chi connectivity index (χ3n) is 5.82. The van der Waals surface area contributed by atoms with Gasteiger partial charge in [-0.05, 0) is 56.2 Å². The lowest BCUT2D eigenvalue weighted by molar-refractivity contribution is -0.129. The van der Waals surface area contributed by atoms with Crippen molar-refractivity contribution in [3.8, 4) is 0 Å². The van der Waals surface area contributed by atoms with Gasteiger partial charge >= 0.3 is 0 Å². The highest BCUT2D eigenvalue weighted by atomic mass is 32.1. The van der Waals surface area contributed by atoms with Crippen LogP contribution in [0.25, 0.3) is 0 Å². The molecule has 1 saturated heterocycles. The molecule has 1 aliphatic heterocycles. The fourth-order valence-electron chi connectivity index (χ4n) is 4.16. The summed E-state index contributed by atoms with van der Waals surface area (Å²) in [5.74, 6) is -0.310. The average Bonchev–Trinajstić information content (AvgIpc) is 3.12. The Labute approximate surface area is 179 Å². The molecule has 0 atom stereocenters. The predicted molar refractivity (Wildman–Crippen MR) is 116 cm³/mol. The number of anilines is 1. The fourth-order valence-corrected chi connectivity index (χ4v) is 5.44. The Morgan fingerprint density at radius 1 is 1.13 bits per heavy atom. The summed E-state index contributed by atoms with van der Waals surface area (Å²) >= 11 is 1.51. The SMILES string of the molecule is CC(=O)N1CCC(NC(=O)c2c(NC(=O)c3cccnc3)sc3c2CCCC3)CC1. The summed E-state index contributed by atoms with van der Waals surface area (Å²) in [6, 6.07) is 3.46. The third-order valence-corrected chi connectivity index (χ3v) is 7.03. The van der Waals surface area contributed by atoms with E-state index in [9.17, 15) is 14.4 Å². The van der Waals surface area contributed by atoms with Crippen LogP contribution in [0, 0.1) is 0 Å². The van der Waals surface area contributed by atoms with Crippen molar-refractivity contribution in [2.24, 2.45) is 0 Å². The number of carbonyl (C=O) groups is 3. The predicted octanol–water partition coefficient (Wildman–Crippen LogP) is 3.01. The van der Waals surface area contributed by atoms with Gasteiger partial charge in [-0.15, -0.1) is 11.3 Å². The molecular weight excluding hydrogens is 400 g/mol. The van der Waals surface area contributed by atoms with E-state index in [1.165, 1.54) is 22.4 Å². The van der Waals surface area contributed by atoms with Crippen LogP contribution in [0.5, 0.6) is 0 Å². The van der Waals surface area contributed by atoms with Crippen molar-refractivity contribution in [2.45, 2.75) is 51.5 Å². The van der Waals surface area contributed by atoms with E-state index in [4.69, 9.17) is 0 Å². The molecule has 3 amide bonds. The van der Waals surface area contributed by atoms with E-state index in [0.717, 1.165) is 44.1 Å². The Morgan fingerprint density at radius 3 is 2.60 bits per heavy atom. The van der Waals surface area contributed by atoms with Crippen LogP contribution in [0.1, 0.15) is 63.8 Å². The number of aromatic nitrogens is 1. The van der Waals surface area contributed by atoms with E-state index < -0.39 is 0 Å². The van der Waals surface area contributed by atoms with Gasteiger partial charge in [0.1, 0.15) is 5.00 Å². The second-order valence-electron chi connectivity index (χ2n) is 7.86. The molecule has 0 bridgehead atoms. The van der Waals surface area contributed by atoms with Gasteiger partial charge < -0.3 is 15.5 Å². The lowest BCUT2D eigenvalue weighted by Crippen LogP contribution is -2.46. The first-order chi connectivity index (χ1) is 14.5. The number of nitrogens with one attached hydrogen (secondary N) is 2. The molecule has 1 aliphatic carbocycles. The highest BCUT2D eigenvalue weighted by molar-refractivity contribution is 7.17. The molecule has 4 rings (SSSR count). The summed E-state index contributed by atoms with van der Waals surface area (Å²) in [6.45, 7) is 2.90. The number of likely N-dealkylation sites (tertiary alicyclic amines) is 1. The number of thiophene rings is 1. The molecule has 0 saturated carbocycles. The third kappa shape index (κ3) is 4.38. The number of fused-ring (bicyclic) bond motifs is 1. The molecule has 1 fully saturated rings. The molecule has 8 heteroatoms. The number of nitrogens with zero attached hydrogens (tertiary/aromatic N) is 2. The van der Waals surface area contributed by atoms with Gasteiger partial charge in [0.25, 0.3) is 11.8 Å². The van der Waals surface area contributed by atoms with Crippen LogP contribution < -0.4 is 10.6 Å². The van der Waals surface area contributed by atoms with Gasteiger partial charge in [0.05, 0.1) is 11.1 Å². The average molecular weight is 427 g/mol. The van der Waals surface area contributed by atoms with Gasteiger partial charge in [-0.25, -0.2) is 0 Å². The molecule has 2 aliphatic rings. The molecule has 30 heavy (non-hydrogen) atoms. The summed E-state index contributed by atoms with van der Waals surface area (Å²) in [5, 5.41) is 6.72. The summed E-state index contributed by atoms with van der Waals surface area (Å²) in [5.41, 5.74) is 2.15. The molecule has 2 aromatic heterocycles. The molecule has 158 valence electrons. The lowest BCUT2D eigenvalue weighted by Gasteiger charge is -2.31. The van der Waals surface area contributed by atoms with E-state index in [1.54, 1.807) is 25.3 Å². The molecule has 0 radical (unpaired) electrons. The van der Waals surface area contributed by atoms with Gasteiger partial charge in [0, 0.05) is 43.3 Å². The smallest absolute Gasteiger partial charge is 0.257 e. The number of carbonyl (C=O) groups excluding carboxylic acids is 3. The van der Waals surface area contributed by atoms with Crippen LogP contribution in [0.3, 0.4) is 0 Å². The molecule has 2 N–H and O–H groups in total. The Bertz CT molecular complexity index is 949. The number of aryl methyl sites for hydroxylation is 1. The number of amides is 3. The number of hydrogen-bond acceptors (Lipinski definition) is 5. The molecule has 0 spiro atoms. The standard InChI is InChI=1S/C22H26N4O3S/c1-14(27)26-11-8-16(9-12-26)24-21(29)19-17-6-2-3-7-18(17)30-22(19)25-20(28)15-5-4-10-23-13-15/h4-5,10,13,16H,2-3,6-9,11-12H2,1H3,(H,24,29)(H,25,28). The van der Waals surface area contributed by atoms with Gasteiger partial charge in [-0.1, -0.05) is 0 Å². The highest BCUT2D eigenvalue weighted by Crippen LogP contribution is 2.38. The van der Waals surface area contributed by atoms with Gasteiger partial charge in [0.15, 0.2) is 0 Å². The van der Waals surface area contributed by atoms with E-state index in [-0.39, 0.29) is 23.8 Å². The van der Waals surface area contributed by atoms with Crippen LogP contribution in [-0.4, -0.2) is 46.7 Å². The van der Waals surface area contributed by atoms with Crippen molar-refractivity contribution in [1.29, 1.82) is 0 Å². The van der Waals surface area contributed by atoms with E-state index in [1.807, 2.05) is 4.90 Å². The van der Waals surface area contributed by atoms with Gasteiger partial charge in [0.2, 0.25) is 5.91 Å². The van der Waals surface area contributed by atoms with Crippen molar-refractivity contribution in [3.05, 3.63) is 46.1 Å². The highest BCUT2D eigenvalue weighted by Gasteiger charge is 2.29. The molecule has 2 aromatic rings. The van der Waals surface area contributed by atoms with Crippen molar-refractivity contribution >= 4 is 34.1 Å². The Balaban J connectivity index is 1.53. The zero-order valence-electron chi connectivity index (χ0n) is 17.1. The minimum Gasteiger partial charge on any atom is -0.349 e. The maximum Gasteiger partial charge on any atom is 0.257 e. The van der Waals surface area contributed by atoms with Crippen LogP contribution in [0.2, 0.25) is 0 Å². The van der Waals surface area contributed by atoms with Gasteiger partial charge in [-0.2, -0.15) is 0 Å². The molecule has 7 nitrogen and oxygen atoms in total. The number of rotatable bonds is 4. The first-order valence-corrected chi connectivity index (χ1v) is 11.3. The number of hydrogen-bond donors (Lipinski definition) is 2. The second-order valence-corrected chi connectivity index (χ2v) is 8.97. The van der Waals surface area contributed by atoms with E-state index in [2.05, 4.69) is 15.6 Å². The topological polar surface area (TPSA) is 91.4 Å². The fraction of sp³-hybridized carbons (Fsp3) is 0.455. The maximum absolute atomic E-state index is 13.3. The molecule has 0 unspecified atom stereocenters. The largest absolute Gasteiger partial charge is 0.349 e. The number of piperidine rings is 1. The number of pyridine rings is 1. The van der Waals surface area contributed by atoms with Crippen molar-refractivity contribution < 1.29 is 14.4 Å². The summed E-state index contributed by atoms with van der Waals surface area (Å²) in [4.78, 5) is 44.5. The van der Waals surface area contributed by atoms with Crippen molar-refractivity contribution in [3.63, 3.8) is 0 Å². The minimum atomic E-state index is -0.259.